The van der Waals surface area contributed by atoms with E-state index in [0.717, 1.165) is 42.5 Å². The Balaban J connectivity index is 1.82. The second kappa shape index (κ2) is 10.2. The minimum atomic E-state index is -3.32. The molecule has 2 aromatic carbocycles. The van der Waals surface area contributed by atoms with Crippen LogP contribution in [0.25, 0.3) is 0 Å². The van der Waals surface area contributed by atoms with Crippen LogP contribution < -0.4 is 14.2 Å². The molecule has 1 aliphatic heterocycles. The van der Waals surface area contributed by atoms with Crippen molar-refractivity contribution in [2.24, 2.45) is 11.0 Å². The normalized spacial score (nSPS) is 16.6. The first-order valence-corrected chi connectivity index (χ1v) is 12.1. The zero-order valence-corrected chi connectivity index (χ0v) is 19.0. The van der Waals surface area contributed by atoms with Gasteiger partial charge >= 0.3 is 6.61 Å². The molecule has 1 N–H and O–H groups in total. The lowest BCUT2D eigenvalue weighted by Gasteiger charge is -2.31. The number of anilines is 1. The molecule has 7 nitrogen and oxygen atoms in total. The summed E-state index contributed by atoms with van der Waals surface area (Å²) >= 11 is 0. The molecular formula is C22H27F2N3O4S. The second-order valence-electron chi connectivity index (χ2n) is 7.58. The number of sulfonamides is 1. The van der Waals surface area contributed by atoms with Gasteiger partial charge in [-0.25, -0.2) is 8.42 Å². The van der Waals surface area contributed by atoms with E-state index in [1.807, 2.05) is 17.1 Å². The topological polar surface area (TPSA) is 80.2 Å². The van der Waals surface area contributed by atoms with E-state index in [2.05, 4.69) is 16.4 Å². The Kier molecular flexibility index (Phi) is 7.55. The quantitative estimate of drug-likeness (QED) is 0.595. The number of halogens is 2. The molecule has 1 aliphatic rings. The van der Waals surface area contributed by atoms with Crippen LogP contribution in [0.4, 0.5) is 14.5 Å². The molecule has 174 valence electrons. The van der Waals surface area contributed by atoms with Gasteiger partial charge in [-0.05, 0) is 48.7 Å². The molecule has 1 unspecified atom stereocenters. The lowest BCUT2D eigenvalue weighted by Crippen LogP contribution is -2.32. The summed E-state index contributed by atoms with van der Waals surface area (Å²) in [6.07, 6.45) is 2.91. The van der Waals surface area contributed by atoms with Crippen LogP contribution in [0.15, 0.2) is 47.6 Å². The highest BCUT2D eigenvalue weighted by Gasteiger charge is 2.24. The molecule has 0 aliphatic carbocycles. The van der Waals surface area contributed by atoms with Gasteiger partial charge in [0.25, 0.3) is 0 Å². The van der Waals surface area contributed by atoms with Crippen LogP contribution in [0, 0.1) is 5.92 Å². The van der Waals surface area contributed by atoms with Crippen LogP contribution in [0.3, 0.4) is 0 Å². The van der Waals surface area contributed by atoms with Crippen LogP contribution in [0.1, 0.15) is 30.9 Å². The van der Waals surface area contributed by atoms with Gasteiger partial charge in [-0.3, -0.25) is 9.73 Å². The number of alkyl halides is 2. The average Bonchev–Trinajstić information content (AvgIpc) is 2.74. The summed E-state index contributed by atoms with van der Waals surface area (Å²) < 4.78 is 60.2. The molecule has 2 aromatic rings. The Morgan fingerprint density at radius 3 is 2.50 bits per heavy atom. The SMILES string of the molecule is CCC1CCN(Cc2ccc(NS(C)(=O)=O)cc2)N=C1c1ccc(OC(F)F)c(OC)c1. The molecule has 0 radical (unpaired) electrons. The first-order chi connectivity index (χ1) is 15.2. The van der Waals surface area contributed by atoms with Crippen LogP contribution in [0.5, 0.6) is 11.5 Å². The molecule has 3 rings (SSSR count). The summed E-state index contributed by atoms with van der Waals surface area (Å²) in [5.41, 5.74) is 3.16. The number of benzene rings is 2. The smallest absolute Gasteiger partial charge is 0.387 e. The van der Waals surface area contributed by atoms with E-state index >= 15 is 0 Å². The lowest BCUT2D eigenvalue weighted by molar-refractivity contribution is -0.0512. The maximum absolute atomic E-state index is 12.6. The molecule has 10 heteroatoms. The zero-order chi connectivity index (χ0) is 23.3. The summed E-state index contributed by atoms with van der Waals surface area (Å²) in [5, 5.41) is 6.80. The highest BCUT2D eigenvalue weighted by molar-refractivity contribution is 7.92. The third-order valence-electron chi connectivity index (χ3n) is 5.16. The molecule has 0 fully saturated rings. The number of methoxy groups -OCH3 is 1. The fourth-order valence-corrected chi connectivity index (χ4v) is 4.22. The van der Waals surface area contributed by atoms with E-state index in [-0.39, 0.29) is 17.4 Å². The molecule has 1 atom stereocenters. The maximum atomic E-state index is 12.6. The highest BCUT2D eigenvalue weighted by Crippen LogP contribution is 2.32. The van der Waals surface area contributed by atoms with E-state index in [1.54, 1.807) is 24.3 Å². The summed E-state index contributed by atoms with van der Waals surface area (Å²) in [5.74, 6) is 0.445. The van der Waals surface area contributed by atoms with E-state index in [4.69, 9.17) is 9.84 Å². The number of nitrogens with zero attached hydrogens (tertiary/aromatic N) is 2. The van der Waals surface area contributed by atoms with Gasteiger partial charge in [0, 0.05) is 23.7 Å². The van der Waals surface area contributed by atoms with Crippen molar-refractivity contribution in [3.63, 3.8) is 0 Å². The number of nitrogens with one attached hydrogen (secondary N) is 1. The summed E-state index contributed by atoms with van der Waals surface area (Å²) in [7, 11) is -1.91. The van der Waals surface area contributed by atoms with Crippen molar-refractivity contribution >= 4 is 21.4 Å². The number of hydrogen-bond donors (Lipinski definition) is 1. The Bertz CT molecular complexity index is 1060. The predicted octanol–water partition coefficient (Wildman–Crippen LogP) is 4.30. The van der Waals surface area contributed by atoms with Crippen molar-refractivity contribution in [3.8, 4) is 11.5 Å². The third-order valence-corrected chi connectivity index (χ3v) is 5.77. The number of rotatable bonds is 9. The standard InChI is InChI=1S/C22H27F2N3O4S/c1-4-16-11-12-27(14-15-5-8-18(9-6-15)26-32(3,28)29)25-21(16)17-7-10-19(31-22(23)24)20(13-17)30-2/h5-10,13,16,22,26H,4,11-12,14H2,1-3H3. The van der Waals surface area contributed by atoms with Gasteiger partial charge < -0.3 is 9.47 Å². The Labute approximate surface area is 187 Å². The van der Waals surface area contributed by atoms with Gasteiger partial charge in [0.15, 0.2) is 11.5 Å². The van der Waals surface area contributed by atoms with Crippen molar-refractivity contribution in [2.75, 3.05) is 24.6 Å². The first-order valence-electron chi connectivity index (χ1n) is 10.2. The van der Waals surface area contributed by atoms with Gasteiger partial charge in [0.1, 0.15) is 0 Å². The van der Waals surface area contributed by atoms with Crippen molar-refractivity contribution < 1.29 is 26.7 Å². The lowest BCUT2D eigenvalue weighted by atomic mass is 9.90. The van der Waals surface area contributed by atoms with Gasteiger partial charge in [0.05, 0.1) is 25.6 Å². The van der Waals surface area contributed by atoms with Crippen LogP contribution in [-0.4, -0.2) is 45.7 Å². The van der Waals surface area contributed by atoms with Gasteiger partial charge in [-0.15, -0.1) is 0 Å². The van der Waals surface area contributed by atoms with E-state index < -0.39 is 16.6 Å². The third kappa shape index (κ3) is 6.32. The van der Waals surface area contributed by atoms with Crippen molar-refractivity contribution in [1.29, 1.82) is 0 Å². The fraction of sp³-hybridized carbons (Fsp3) is 0.409. The first kappa shape index (κ1) is 23.8. The molecule has 0 saturated carbocycles. The van der Waals surface area contributed by atoms with Crippen molar-refractivity contribution in [2.45, 2.75) is 32.9 Å². The van der Waals surface area contributed by atoms with Crippen LogP contribution in [-0.2, 0) is 16.6 Å². The van der Waals surface area contributed by atoms with Crippen molar-refractivity contribution in [3.05, 3.63) is 53.6 Å². The number of ether oxygens (including phenoxy) is 2. The fourth-order valence-electron chi connectivity index (χ4n) is 3.65. The minimum absolute atomic E-state index is 0.0182. The molecule has 0 bridgehead atoms. The average molecular weight is 468 g/mol. The monoisotopic (exact) mass is 467 g/mol. The second-order valence-corrected chi connectivity index (χ2v) is 9.33. The summed E-state index contributed by atoms with van der Waals surface area (Å²) in [6, 6.07) is 12.0. The Morgan fingerprint density at radius 2 is 1.91 bits per heavy atom. The molecule has 0 amide bonds. The predicted molar refractivity (Wildman–Crippen MR) is 120 cm³/mol. The maximum Gasteiger partial charge on any atom is 0.387 e. The minimum Gasteiger partial charge on any atom is -0.493 e. The highest BCUT2D eigenvalue weighted by atomic mass is 32.2. The molecule has 0 spiro atoms. The molecular weight excluding hydrogens is 440 g/mol. The Hall–Kier alpha value is -2.88. The number of hydrazone groups is 1. The molecule has 32 heavy (non-hydrogen) atoms. The number of hydrogen-bond acceptors (Lipinski definition) is 6. The van der Waals surface area contributed by atoms with E-state index in [0.29, 0.717) is 12.2 Å². The molecule has 0 aromatic heterocycles. The van der Waals surface area contributed by atoms with Crippen molar-refractivity contribution in [1.82, 2.24) is 5.01 Å². The zero-order valence-electron chi connectivity index (χ0n) is 18.2. The summed E-state index contributed by atoms with van der Waals surface area (Å²) in [4.78, 5) is 0. The van der Waals surface area contributed by atoms with E-state index in [9.17, 15) is 17.2 Å². The van der Waals surface area contributed by atoms with Gasteiger partial charge in [-0.2, -0.15) is 13.9 Å². The molecule has 0 saturated heterocycles. The molecule has 1 heterocycles. The van der Waals surface area contributed by atoms with Gasteiger partial charge in [-0.1, -0.05) is 19.1 Å². The van der Waals surface area contributed by atoms with Crippen LogP contribution >= 0.6 is 0 Å². The van der Waals surface area contributed by atoms with Crippen LogP contribution in [0.2, 0.25) is 0 Å². The largest absolute Gasteiger partial charge is 0.493 e. The van der Waals surface area contributed by atoms with E-state index in [1.165, 1.54) is 13.2 Å². The van der Waals surface area contributed by atoms with Gasteiger partial charge in [0.2, 0.25) is 10.0 Å². The summed E-state index contributed by atoms with van der Waals surface area (Å²) in [6.45, 7) is 0.492. The Morgan fingerprint density at radius 1 is 1.19 bits per heavy atom.